The number of benzene rings is 4. The second-order valence-corrected chi connectivity index (χ2v) is 13.8. The van der Waals surface area contributed by atoms with Gasteiger partial charge in [0.1, 0.15) is 18.4 Å². The average Bonchev–Trinajstić information content (AvgIpc) is 3.65. The highest BCUT2D eigenvalue weighted by molar-refractivity contribution is 5.90. The van der Waals surface area contributed by atoms with Gasteiger partial charge in [-0.3, -0.25) is 14.4 Å². The molecule has 13 heteroatoms. The summed E-state index contributed by atoms with van der Waals surface area (Å²) in [6.45, 7) is -0.441. The van der Waals surface area contributed by atoms with Crippen molar-refractivity contribution in [1.29, 1.82) is 0 Å². The highest BCUT2D eigenvalue weighted by Gasteiger charge is 2.39. The second kappa shape index (κ2) is 16.0. The van der Waals surface area contributed by atoms with Gasteiger partial charge in [-0.05, 0) is 88.9 Å². The lowest BCUT2D eigenvalue weighted by Crippen LogP contribution is -2.48. The van der Waals surface area contributed by atoms with E-state index >= 15 is 0 Å². The molecule has 1 aliphatic heterocycles. The van der Waals surface area contributed by atoms with E-state index in [1.165, 1.54) is 17.0 Å². The number of nitrogens with zero attached hydrogens (tertiary/aromatic N) is 1. The van der Waals surface area contributed by atoms with Gasteiger partial charge in [0.25, 0.3) is 0 Å². The molecule has 2 N–H and O–H groups in total. The van der Waals surface area contributed by atoms with Gasteiger partial charge in [-0.2, -0.15) is 26.3 Å². The van der Waals surface area contributed by atoms with E-state index in [0.29, 0.717) is 35.2 Å². The Labute approximate surface area is 307 Å². The molecule has 0 spiro atoms. The van der Waals surface area contributed by atoms with Crippen molar-refractivity contribution in [2.45, 2.75) is 76.0 Å². The van der Waals surface area contributed by atoms with Crippen molar-refractivity contribution in [3.63, 3.8) is 0 Å². The van der Waals surface area contributed by atoms with E-state index in [0.717, 1.165) is 36.8 Å². The third kappa shape index (κ3) is 9.23. The quantitative estimate of drug-likeness (QED) is 0.149. The number of ether oxygens (including phenoxy) is 1. The maximum atomic E-state index is 14.4. The lowest BCUT2D eigenvalue weighted by atomic mass is 9.90. The highest BCUT2D eigenvalue weighted by atomic mass is 19.4. The van der Waals surface area contributed by atoms with Crippen molar-refractivity contribution < 1.29 is 50.6 Å². The SMILES string of the molecule is O=C(O)CC(NC(=O)C1c2cc(OCc3cc(C(F)(F)F)cc(C(F)(F)F)c3)ccc2CCN1C(=O)CC1CCCC1)c1ccc(-c2ccccc2)cc1. The van der Waals surface area contributed by atoms with Gasteiger partial charge in [0.05, 0.1) is 23.6 Å². The first-order valence-corrected chi connectivity index (χ1v) is 17.7. The Hall–Kier alpha value is -5.33. The largest absolute Gasteiger partial charge is 0.489 e. The van der Waals surface area contributed by atoms with Crippen LogP contribution in [0.4, 0.5) is 26.3 Å². The Bertz CT molecular complexity index is 1940. The maximum absolute atomic E-state index is 14.4. The Morgan fingerprint density at radius 2 is 1.44 bits per heavy atom. The van der Waals surface area contributed by atoms with Crippen molar-refractivity contribution in [3.8, 4) is 16.9 Å². The number of nitrogens with one attached hydrogen (secondary N) is 1. The van der Waals surface area contributed by atoms with Gasteiger partial charge in [-0.25, -0.2) is 0 Å². The molecule has 4 aromatic rings. The van der Waals surface area contributed by atoms with Crippen LogP contribution in [-0.2, 0) is 39.8 Å². The van der Waals surface area contributed by atoms with Crippen LogP contribution in [0.5, 0.6) is 5.75 Å². The number of alkyl halides is 6. The molecule has 2 amide bonds. The summed E-state index contributed by atoms with van der Waals surface area (Å²) in [6, 6.07) is 20.3. The Balaban J connectivity index is 1.30. The summed E-state index contributed by atoms with van der Waals surface area (Å²) in [6.07, 6.45) is -6.13. The van der Waals surface area contributed by atoms with Gasteiger partial charge in [0.15, 0.2) is 0 Å². The molecule has 4 aromatic carbocycles. The number of carboxylic acids is 1. The van der Waals surface area contributed by atoms with Gasteiger partial charge in [-0.15, -0.1) is 0 Å². The lowest BCUT2D eigenvalue weighted by molar-refractivity contribution is -0.143. The monoisotopic (exact) mass is 752 g/mol. The number of carboxylic acid groups (broad SMARTS) is 1. The molecule has 0 saturated heterocycles. The normalized spacial score (nSPS) is 16.8. The number of carbonyl (C=O) groups excluding carboxylic acids is 2. The van der Waals surface area contributed by atoms with Gasteiger partial charge < -0.3 is 20.1 Å². The number of halogens is 6. The minimum Gasteiger partial charge on any atom is -0.489 e. The fourth-order valence-corrected chi connectivity index (χ4v) is 7.30. The number of hydrogen-bond donors (Lipinski definition) is 2. The first kappa shape index (κ1) is 38.4. The third-order valence-corrected chi connectivity index (χ3v) is 10.0. The number of fused-ring (bicyclic) bond motifs is 1. The molecule has 1 aliphatic carbocycles. The zero-order valence-electron chi connectivity index (χ0n) is 29.1. The Morgan fingerprint density at radius 1 is 0.815 bits per heavy atom. The molecular weight excluding hydrogens is 714 g/mol. The van der Waals surface area contributed by atoms with Crippen molar-refractivity contribution in [3.05, 3.63) is 124 Å². The standard InChI is InChI=1S/C41H38F6N2O5/c42-40(43,44)31-18-26(19-32(21-31)41(45,46)47)24-54-33-15-14-29-16-17-49(36(50)20-25-6-4-5-7-25)38(34(29)22-33)39(53)48-35(23-37(51)52)30-12-10-28(11-13-30)27-8-2-1-3-9-27/h1-3,8-15,18-19,21-22,25,35,38H,4-7,16-17,20,23-24H2,(H,48,53)(H,51,52). The average molecular weight is 753 g/mol. The van der Waals surface area contributed by atoms with Crippen molar-refractivity contribution in [2.24, 2.45) is 5.92 Å². The number of amides is 2. The van der Waals surface area contributed by atoms with Crippen LogP contribution in [0, 0.1) is 5.92 Å². The predicted molar refractivity (Wildman–Crippen MR) is 187 cm³/mol. The molecule has 0 bridgehead atoms. The Kier molecular flexibility index (Phi) is 11.3. The van der Waals surface area contributed by atoms with Crippen molar-refractivity contribution in [2.75, 3.05) is 6.54 Å². The van der Waals surface area contributed by atoms with Gasteiger partial charge in [0.2, 0.25) is 11.8 Å². The van der Waals surface area contributed by atoms with Crippen molar-refractivity contribution in [1.82, 2.24) is 10.2 Å². The van der Waals surface area contributed by atoms with E-state index in [4.69, 9.17) is 4.74 Å². The van der Waals surface area contributed by atoms with Gasteiger partial charge in [0, 0.05) is 13.0 Å². The summed E-state index contributed by atoms with van der Waals surface area (Å²) >= 11 is 0. The van der Waals surface area contributed by atoms with E-state index in [-0.39, 0.29) is 42.2 Å². The summed E-state index contributed by atoms with van der Waals surface area (Å²) in [5.41, 5.74) is 0.105. The van der Waals surface area contributed by atoms with Crippen LogP contribution in [0.2, 0.25) is 0 Å². The zero-order valence-corrected chi connectivity index (χ0v) is 29.1. The zero-order chi connectivity index (χ0) is 38.6. The van der Waals surface area contributed by atoms with Crippen LogP contribution in [0.1, 0.15) is 84.0 Å². The summed E-state index contributed by atoms with van der Waals surface area (Å²) in [5.74, 6) is -1.83. The molecule has 2 atom stereocenters. The molecule has 6 rings (SSSR count). The van der Waals surface area contributed by atoms with E-state index in [1.54, 1.807) is 18.2 Å². The van der Waals surface area contributed by atoms with E-state index in [1.807, 2.05) is 42.5 Å². The summed E-state index contributed by atoms with van der Waals surface area (Å²) in [7, 11) is 0. The van der Waals surface area contributed by atoms with Crippen LogP contribution in [0.25, 0.3) is 11.1 Å². The van der Waals surface area contributed by atoms with Crippen LogP contribution >= 0.6 is 0 Å². The van der Waals surface area contributed by atoms with E-state index in [9.17, 15) is 45.8 Å². The van der Waals surface area contributed by atoms with E-state index < -0.39 is 60.5 Å². The predicted octanol–water partition coefficient (Wildman–Crippen LogP) is 9.31. The fourth-order valence-electron chi connectivity index (χ4n) is 7.30. The highest BCUT2D eigenvalue weighted by Crippen LogP contribution is 2.39. The molecular formula is C41H38F6N2O5. The third-order valence-electron chi connectivity index (χ3n) is 10.0. The molecule has 54 heavy (non-hydrogen) atoms. The summed E-state index contributed by atoms with van der Waals surface area (Å²) in [5, 5.41) is 12.7. The molecule has 2 aliphatic rings. The molecule has 0 aromatic heterocycles. The molecule has 1 saturated carbocycles. The first-order valence-electron chi connectivity index (χ1n) is 17.7. The van der Waals surface area contributed by atoms with Crippen LogP contribution < -0.4 is 10.1 Å². The first-order chi connectivity index (χ1) is 25.7. The van der Waals surface area contributed by atoms with Crippen molar-refractivity contribution >= 4 is 17.8 Å². The Morgan fingerprint density at radius 3 is 2.06 bits per heavy atom. The van der Waals surface area contributed by atoms with Crippen LogP contribution in [-0.4, -0.2) is 34.3 Å². The molecule has 1 fully saturated rings. The second-order valence-electron chi connectivity index (χ2n) is 13.8. The minimum absolute atomic E-state index is 0.0397. The lowest BCUT2D eigenvalue weighted by Gasteiger charge is -2.38. The van der Waals surface area contributed by atoms with Gasteiger partial charge >= 0.3 is 18.3 Å². The number of aliphatic carboxylic acids is 1. The van der Waals surface area contributed by atoms with Crippen LogP contribution in [0.3, 0.4) is 0 Å². The molecule has 0 radical (unpaired) electrons. The topological polar surface area (TPSA) is 95.9 Å². The molecule has 284 valence electrons. The number of carbonyl (C=O) groups is 3. The summed E-state index contributed by atoms with van der Waals surface area (Å²) in [4.78, 5) is 41.7. The minimum atomic E-state index is -5.03. The van der Waals surface area contributed by atoms with Crippen LogP contribution in [0.15, 0.2) is 91.0 Å². The molecule has 7 nitrogen and oxygen atoms in total. The summed E-state index contributed by atoms with van der Waals surface area (Å²) < 4.78 is 86.6. The number of hydrogen-bond acceptors (Lipinski definition) is 4. The smallest absolute Gasteiger partial charge is 0.416 e. The fraction of sp³-hybridized carbons (Fsp3) is 0.341. The van der Waals surface area contributed by atoms with E-state index in [2.05, 4.69) is 5.32 Å². The van der Waals surface area contributed by atoms with Gasteiger partial charge in [-0.1, -0.05) is 73.5 Å². The maximum Gasteiger partial charge on any atom is 0.416 e. The molecule has 2 unspecified atom stereocenters. The number of rotatable bonds is 11. The molecule has 1 heterocycles.